The van der Waals surface area contributed by atoms with Gasteiger partial charge in [0, 0.05) is 12.1 Å². The molecule has 1 amide bonds. The lowest BCUT2D eigenvalue weighted by Crippen LogP contribution is -2.52. The third kappa shape index (κ3) is 5.38. The average molecular weight is 254 g/mol. The molecule has 3 atom stereocenters. The summed E-state index contributed by atoms with van der Waals surface area (Å²) in [6.07, 6.45) is 9.13. The molecule has 0 saturated carbocycles. The van der Waals surface area contributed by atoms with Gasteiger partial charge in [0.05, 0.1) is 6.04 Å². The first-order chi connectivity index (χ1) is 8.67. The van der Waals surface area contributed by atoms with Gasteiger partial charge in [-0.3, -0.25) is 4.79 Å². The highest BCUT2D eigenvalue weighted by Gasteiger charge is 2.25. The predicted molar refractivity (Wildman–Crippen MR) is 76.6 cm³/mol. The first kappa shape index (κ1) is 15.5. The number of unbranched alkanes of at least 4 members (excludes halogenated alkanes) is 1. The van der Waals surface area contributed by atoms with Crippen molar-refractivity contribution >= 4 is 5.91 Å². The fourth-order valence-corrected chi connectivity index (χ4v) is 2.73. The molecular weight excluding hydrogens is 224 g/mol. The highest BCUT2D eigenvalue weighted by atomic mass is 16.2. The molecule has 0 aromatic heterocycles. The Morgan fingerprint density at radius 3 is 2.67 bits per heavy atom. The van der Waals surface area contributed by atoms with Crippen LogP contribution in [0.5, 0.6) is 0 Å². The third-order valence-corrected chi connectivity index (χ3v) is 3.82. The van der Waals surface area contributed by atoms with Crippen LogP contribution in [0.2, 0.25) is 0 Å². The molecule has 3 nitrogen and oxygen atoms in total. The molecular formula is C15H30N2O. The van der Waals surface area contributed by atoms with Crippen molar-refractivity contribution in [3.63, 3.8) is 0 Å². The van der Waals surface area contributed by atoms with Crippen LogP contribution in [0.3, 0.4) is 0 Å². The fourth-order valence-electron chi connectivity index (χ4n) is 2.73. The van der Waals surface area contributed by atoms with E-state index in [1.165, 1.54) is 25.7 Å². The van der Waals surface area contributed by atoms with E-state index < -0.39 is 0 Å². The van der Waals surface area contributed by atoms with Crippen LogP contribution in [-0.2, 0) is 4.79 Å². The molecule has 18 heavy (non-hydrogen) atoms. The summed E-state index contributed by atoms with van der Waals surface area (Å²) < 4.78 is 0. The fraction of sp³-hybridized carbons (Fsp3) is 0.933. The van der Waals surface area contributed by atoms with Crippen LogP contribution < -0.4 is 10.6 Å². The van der Waals surface area contributed by atoms with Gasteiger partial charge in [-0.05, 0) is 39.0 Å². The molecule has 3 unspecified atom stereocenters. The minimum Gasteiger partial charge on any atom is -0.352 e. The van der Waals surface area contributed by atoms with Crippen molar-refractivity contribution < 1.29 is 4.79 Å². The molecule has 1 heterocycles. The Morgan fingerprint density at radius 1 is 1.28 bits per heavy atom. The summed E-state index contributed by atoms with van der Waals surface area (Å²) in [5.41, 5.74) is 0. The second-order valence-corrected chi connectivity index (χ2v) is 5.69. The lowest BCUT2D eigenvalue weighted by atomic mass is 9.98. The number of hydrogen-bond acceptors (Lipinski definition) is 2. The van der Waals surface area contributed by atoms with Crippen LogP contribution in [0.1, 0.15) is 72.1 Å². The van der Waals surface area contributed by atoms with E-state index >= 15 is 0 Å². The van der Waals surface area contributed by atoms with Crippen molar-refractivity contribution in [2.24, 2.45) is 0 Å². The Morgan fingerprint density at radius 2 is 2.06 bits per heavy atom. The smallest absolute Gasteiger partial charge is 0.237 e. The van der Waals surface area contributed by atoms with Gasteiger partial charge < -0.3 is 10.6 Å². The first-order valence-corrected chi connectivity index (χ1v) is 7.73. The summed E-state index contributed by atoms with van der Waals surface area (Å²) in [5, 5.41) is 6.65. The molecule has 0 aromatic rings. The van der Waals surface area contributed by atoms with Crippen LogP contribution in [0.25, 0.3) is 0 Å². The van der Waals surface area contributed by atoms with Crippen molar-refractivity contribution in [1.82, 2.24) is 10.6 Å². The number of hydrogen-bond donors (Lipinski definition) is 2. The van der Waals surface area contributed by atoms with E-state index in [2.05, 4.69) is 31.4 Å². The molecule has 106 valence electrons. The van der Waals surface area contributed by atoms with Gasteiger partial charge in [-0.1, -0.05) is 33.1 Å². The van der Waals surface area contributed by atoms with Crippen LogP contribution in [0.15, 0.2) is 0 Å². The summed E-state index contributed by atoms with van der Waals surface area (Å²) in [6, 6.07) is 0.894. The minimum atomic E-state index is 0.0368. The van der Waals surface area contributed by atoms with Gasteiger partial charge in [-0.25, -0.2) is 0 Å². The molecule has 0 radical (unpaired) electrons. The third-order valence-electron chi connectivity index (χ3n) is 3.82. The quantitative estimate of drug-likeness (QED) is 0.733. The van der Waals surface area contributed by atoms with Crippen molar-refractivity contribution in [2.45, 2.75) is 90.3 Å². The van der Waals surface area contributed by atoms with E-state index in [0.717, 1.165) is 25.7 Å². The second-order valence-electron chi connectivity index (χ2n) is 5.69. The minimum absolute atomic E-state index is 0.0368. The van der Waals surface area contributed by atoms with Crippen LogP contribution in [0.4, 0.5) is 0 Å². The van der Waals surface area contributed by atoms with E-state index in [0.29, 0.717) is 12.1 Å². The van der Waals surface area contributed by atoms with Crippen molar-refractivity contribution in [1.29, 1.82) is 0 Å². The van der Waals surface area contributed by atoms with Gasteiger partial charge in [0.25, 0.3) is 0 Å². The van der Waals surface area contributed by atoms with E-state index in [1.807, 2.05) is 0 Å². The molecule has 2 N–H and O–H groups in total. The topological polar surface area (TPSA) is 41.1 Å². The van der Waals surface area contributed by atoms with E-state index in [1.54, 1.807) is 0 Å². The number of carbonyl (C=O) groups is 1. The Kier molecular flexibility index (Phi) is 7.33. The SMILES string of the molecule is CCCCC(CCC)NC(=O)C1CCCC(C)N1. The summed E-state index contributed by atoms with van der Waals surface area (Å²) in [4.78, 5) is 12.2. The number of nitrogens with one attached hydrogen (secondary N) is 2. The Bertz CT molecular complexity index is 243. The number of piperidine rings is 1. The average Bonchev–Trinajstić information content (AvgIpc) is 2.36. The zero-order valence-electron chi connectivity index (χ0n) is 12.3. The van der Waals surface area contributed by atoms with Gasteiger partial charge in [-0.15, -0.1) is 0 Å². The molecule has 0 aliphatic carbocycles. The maximum atomic E-state index is 12.2. The summed E-state index contributed by atoms with van der Waals surface area (Å²) in [6.45, 7) is 6.56. The van der Waals surface area contributed by atoms with Gasteiger partial charge in [0.1, 0.15) is 0 Å². The van der Waals surface area contributed by atoms with E-state index in [9.17, 15) is 4.79 Å². The van der Waals surface area contributed by atoms with Crippen LogP contribution in [0, 0.1) is 0 Å². The highest BCUT2D eigenvalue weighted by Crippen LogP contribution is 2.13. The molecule has 1 aliphatic rings. The normalized spacial score (nSPS) is 25.7. The van der Waals surface area contributed by atoms with E-state index in [4.69, 9.17) is 0 Å². The molecule has 0 aromatic carbocycles. The van der Waals surface area contributed by atoms with Crippen molar-refractivity contribution in [3.8, 4) is 0 Å². The summed E-state index contributed by atoms with van der Waals surface area (Å²) in [7, 11) is 0. The van der Waals surface area contributed by atoms with Crippen LogP contribution >= 0.6 is 0 Å². The standard InChI is InChI=1S/C15H30N2O/c1-4-6-10-13(8-5-2)17-15(18)14-11-7-9-12(3)16-14/h12-14,16H,4-11H2,1-3H3,(H,17,18). The van der Waals surface area contributed by atoms with Gasteiger partial charge >= 0.3 is 0 Å². The number of amides is 1. The molecule has 0 spiro atoms. The highest BCUT2D eigenvalue weighted by molar-refractivity contribution is 5.82. The maximum absolute atomic E-state index is 12.2. The zero-order chi connectivity index (χ0) is 13.4. The Balaban J connectivity index is 2.38. The van der Waals surface area contributed by atoms with Gasteiger partial charge in [0.2, 0.25) is 5.91 Å². The van der Waals surface area contributed by atoms with Crippen molar-refractivity contribution in [2.75, 3.05) is 0 Å². The van der Waals surface area contributed by atoms with Gasteiger partial charge in [0.15, 0.2) is 0 Å². The molecule has 3 heteroatoms. The predicted octanol–water partition coefficient (Wildman–Crippen LogP) is 2.99. The lowest BCUT2D eigenvalue weighted by molar-refractivity contribution is -0.124. The number of rotatable bonds is 7. The maximum Gasteiger partial charge on any atom is 0.237 e. The second kappa shape index (κ2) is 8.52. The largest absolute Gasteiger partial charge is 0.352 e. The Hall–Kier alpha value is -0.570. The summed E-state index contributed by atoms with van der Waals surface area (Å²) in [5.74, 6) is 0.219. The monoisotopic (exact) mass is 254 g/mol. The first-order valence-electron chi connectivity index (χ1n) is 7.73. The molecule has 1 rings (SSSR count). The lowest BCUT2D eigenvalue weighted by Gasteiger charge is -2.29. The Labute approximate surface area is 112 Å². The molecule has 1 fully saturated rings. The summed E-state index contributed by atoms with van der Waals surface area (Å²) >= 11 is 0. The van der Waals surface area contributed by atoms with Crippen LogP contribution in [-0.4, -0.2) is 24.0 Å². The zero-order valence-corrected chi connectivity index (χ0v) is 12.3. The molecule has 1 aliphatic heterocycles. The van der Waals surface area contributed by atoms with E-state index in [-0.39, 0.29) is 11.9 Å². The molecule has 1 saturated heterocycles. The van der Waals surface area contributed by atoms with Crippen molar-refractivity contribution in [3.05, 3.63) is 0 Å². The number of carbonyl (C=O) groups excluding carboxylic acids is 1. The molecule has 0 bridgehead atoms. The van der Waals surface area contributed by atoms with Gasteiger partial charge in [-0.2, -0.15) is 0 Å².